The van der Waals surface area contributed by atoms with Crippen molar-refractivity contribution in [1.29, 1.82) is 0 Å². The lowest BCUT2D eigenvalue weighted by atomic mass is 10.2. The van der Waals surface area contributed by atoms with Gasteiger partial charge in [0.25, 0.3) is 0 Å². The molecule has 1 aliphatic rings. The van der Waals surface area contributed by atoms with Gasteiger partial charge in [0.05, 0.1) is 12.6 Å². The number of nitrogens with one attached hydrogen (secondary N) is 1. The van der Waals surface area contributed by atoms with Gasteiger partial charge in [0.1, 0.15) is 0 Å². The molecule has 1 aliphatic heterocycles. The highest BCUT2D eigenvalue weighted by molar-refractivity contribution is 5.87. The van der Waals surface area contributed by atoms with E-state index in [9.17, 15) is 9.59 Å². The zero-order valence-electron chi connectivity index (χ0n) is 13.0. The fraction of sp³-hybridized carbons (Fsp3) is 0.500. The first kappa shape index (κ1) is 16.5. The van der Waals surface area contributed by atoms with Gasteiger partial charge in [0.15, 0.2) is 0 Å². The lowest BCUT2D eigenvalue weighted by molar-refractivity contribution is -0.134. The van der Waals surface area contributed by atoms with E-state index >= 15 is 0 Å². The van der Waals surface area contributed by atoms with Crippen LogP contribution in [0.2, 0.25) is 0 Å². The van der Waals surface area contributed by atoms with Crippen LogP contribution in [0.15, 0.2) is 30.3 Å². The molecule has 6 nitrogen and oxygen atoms in total. The van der Waals surface area contributed by atoms with E-state index in [1.165, 1.54) is 5.56 Å². The summed E-state index contributed by atoms with van der Waals surface area (Å²) in [6.45, 7) is 5.62. The minimum atomic E-state index is -0.587. The van der Waals surface area contributed by atoms with Crippen molar-refractivity contribution < 1.29 is 9.59 Å². The Morgan fingerprint density at radius 2 is 1.82 bits per heavy atom. The highest BCUT2D eigenvalue weighted by Crippen LogP contribution is 2.08. The Morgan fingerprint density at radius 1 is 1.18 bits per heavy atom. The van der Waals surface area contributed by atoms with E-state index in [-0.39, 0.29) is 18.4 Å². The van der Waals surface area contributed by atoms with Crippen molar-refractivity contribution in [3.8, 4) is 0 Å². The highest BCUT2D eigenvalue weighted by atomic mass is 16.2. The summed E-state index contributed by atoms with van der Waals surface area (Å²) in [4.78, 5) is 27.5. The average Bonchev–Trinajstić information content (AvgIpc) is 2.54. The molecule has 1 heterocycles. The number of benzene rings is 1. The largest absolute Gasteiger partial charge is 0.346 e. The lowest BCUT2D eigenvalue weighted by Crippen LogP contribution is -2.51. The van der Waals surface area contributed by atoms with Gasteiger partial charge in [-0.1, -0.05) is 30.3 Å². The average molecular weight is 304 g/mol. The molecule has 3 N–H and O–H groups in total. The predicted molar refractivity (Wildman–Crippen MR) is 85.0 cm³/mol. The molecule has 0 spiro atoms. The Morgan fingerprint density at radius 3 is 2.41 bits per heavy atom. The lowest BCUT2D eigenvalue weighted by Gasteiger charge is -2.34. The zero-order chi connectivity index (χ0) is 15.9. The second-order valence-electron chi connectivity index (χ2n) is 5.65. The van der Waals surface area contributed by atoms with E-state index < -0.39 is 6.04 Å². The van der Waals surface area contributed by atoms with Crippen LogP contribution < -0.4 is 11.1 Å². The van der Waals surface area contributed by atoms with Gasteiger partial charge in [-0.2, -0.15) is 0 Å². The fourth-order valence-electron chi connectivity index (χ4n) is 2.43. The summed E-state index contributed by atoms with van der Waals surface area (Å²) in [5.41, 5.74) is 6.73. The number of carbonyl (C=O) groups is 2. The van der Waals surface area contributed by atoms with Crippen molar-refractivity contribution in [3.63, 3.8) is 0 Å². The van der Waals surface area contributed by atoms with Gasteiger partial charge in [-0.25, -0.2) is 0 Å². The Labute approximate surface area is 131 Å². The van der Waals surface area contributed by atoms with Crippen molar-refractivity contribution in [2.24, 2.45) is 5.73 Å². The first-order valence-corrected chi connectivity index (χ1v) is 7.63. The number of hydrogen-bond acceptors (Lipinski definition) is 4. The maximum atomic E-state index is 12.0. The number of carbonyl (C=O) groups excluding carboxylic acids is 2. The topological polar surface area (TPSA) is 78.7 Å². The highest BCUT2D eigenvalue weighted by Gasteiger charge is 2.21. The molecule has 1 atom stereocenters. The summed E-state index contributed by atoms with van der Waals surface area (Å²) in [6.07, 6.45) is 0. The minimum Gasteiger partial charge on any atom is -0.346 e. The molecule has 22 heavy (non-hydrogen) atoms. The Balaban J connectivity index is 1.72. The number of amides is 2. The van der Waals surface area contributed by atoms with Crippen LogP contribution in [0.1, 0.15) is 12.5 Å². The van der Waals surface area contributed by atoms with E-state index in [0.29, 0.717) is 13.1 Å². The minimum absolute atomic E-state index is 0.0268. The van der Waals surface area contributed by atoms with E-state index in [4.69, 9.17) is 5.73 Å². The molecule has 2 amide bonds. The van der Waals surface area contributed by atoms with Crippen molar-refractivity contribution >= 4 is 11.8 Å². The molecule has 1 fully saturated rings. The Hall–Kier alpha value is -1.92. The van der Waals surface area contributed by atoms with E-state index in [1.807, 2.05) is 18.2 Å². The van der Waals surface area contributed by atoms with Gasteiger partial charge in [-0.15, -0.1) is 0 Å². The number of rotatable bonds is 5. The summed E-state index contributed by atoms with van der Waals surface area (Å²) in [5, 5.41) is 2.56. The van der Waals surface area contributed by atoms with Crippen LogP contribution in [0.3, 0.4) is 0 Å². The normalized spacial score (nSPS) is 17.1. The van der Waals surface area contributed by atoms with Crippen LogP contribution >= 0.6 is 0 Å². The summed E-state index contributed by atoms with van der Waals surface area (Å²) in [7, 11) is 0. The first-order valence-electron chi connectivity index (χ1n) is 7.63. The maximum absolute atomic E-state index is 12.0. The second kappa shape index (κ2) is 7.91. The fourth-order valence-corrected chi connectivity index (χ4v) is 2.43. The molecular formula is C16H24N4O2. The molecule has 6 heteroatoms. The van der Waals surface area contributed by atoms with Gasteiger partial charge in [0.2, 0.25) is 11.8 Å². The Bertz CT molecular complexity index is 496. The molecule has 1 unspecified atom stereocenters. The number of hydrogen-bond donors (Lipinski definition) is 2. The van der Waals surface area contributed by atoms with Gasteiger partial charge in [-0.05, 0) is 12.5 Å². The van der Waals surface area contributed by atoms with Gasteiger partial charge < -0.3 is 16.0 Å². The Kier molecular flexibility index (Phi) is 5.91. The van der Waals surface area contributed by atoms with Gasteiger partial charge in [0, 0.05) is 32.7 Å². The smallest absolute Gasteiger partial charge is 0.242 e. The second-order valence-corrected chi connectivity index (χ2v) is 5.65. The van der Waals surface area contributed by atoms with Crippen LogP contribution in [-0.4, -0.2) is 60.4 Å². The van der Waals surface area contributed by atoms with Gasteiger partial charge >= 0.3 is 0 Å². The third-order valence-electron chi connectivity index (χ3n) is 3.80. The molecule has 0 bridgehead atoms. The molecule has 0 aromatic heterocycles. The van der Waals surface area contributed by atoms with Crippen molar-refractivity contribution in [2.75, 3.05) is 32.7 Å². The third-order valence-corrected chi connectivity index (χ3v) is 3.80. The third kappa shape index (κ3) is 4.82. The molecule has 120 valence electrons. The number of piperazine rings is 1. The standard InChI is InChI=1S/C16H24N4O2/c1-13(17)16(22)18-11-15(21)20-9-7-19(8-10-20)12-14-5-3-2-4-6-14/h2-6,13H,7-12,17H2,1H3,(H,18,22). The maximum Gasteiger partial charge on any atom is 0.242 e. The molecule has 2 rings (SSSR count). The monoisotopic (exact) mass is 304 g/mol. The van der Waals surface area contributed by atoms with Crippen molar-refractivity contribution in [2.45, 2.75) is 19.5 Å². The molecule has 0 radical (unpaired) electrons. The molecule has 0 aliphatic carbocycles. The zero-order valence-corrected chi connectivity index (χ0v) is 13.0. The van der Waals surface area contributed by atoms with Crippen LogP contribution in [-0.2, 0) is 16.1 Å². The summed E-state index contributed by atoms with van der Waals surface area (Å²) >= 11 is 0. The van der Waals surface area contributed by atoms with Crippen LogP contribution in [0, 0.1) is 0 Å². The number of nitrogens with two attached hydrogens (primary N) is 1. The van der Waals surface area contributed by atoms with Crippen molar-refractivity contribution in [3.05, 3.63) is 35.9 Å². The van der Waals surface area contributed by atoms with E-state index in [2.05, 4.69) is 22.3 Å². The van der Waals surface area contributed by atoms with Crippen molar-refractivity contribution in [1.82, 2.24) is 15.1 Å². The van der Waals surface area contributed by atoms with E-state index in [0.717, 1.165) is 19.6 Å². The molecule has 1 aromatic carbocycles. The van der Waals surface area contributed by atoms with Crippen LogP contribution in [0.5, 0.6) is 0 Å². The predicted octanol–water partition coefficient (Wildman–Crippen LogP) is -0.206. The first-order chi connectivity index (χ1) is 10.6. The van der Waals surface area contributed by atoms with Gasteiger partial charge in [-0.3, -0.25) is 14.5 Å². The molecule has 0 saturated carbocycles. The summed E-state index contributed by atoms with van der Waals surface area (Å²) < 4.78 is 0. The summed E-state index contributed by atoms with van der Waals surface area (Å²) in [6, 6.07) is 9.72. The van der Waals surface area contributed by atoms with Crippen LogP contribution in [0.4, 0.5) is 0 Å². The number of nitrogens with zero attached hydrogens (tertiary/aromatic N) is 2. The quantitative estimate of drug-likeness (QED) is 0.789. The molecular weight excluding hydrogens is 280 g/mol. The molecule has 1 aromatic rings. The molecule has 1 saturated heterocycles. The summed E-state index contributed by atoms with van der Waals surface area (Å²) in [5.74, 6) is -0.343. The van der Waals surface area contributed by atoms with Crippen LogP contribution in [0.25, 0.3) is 0 Å². The van der Waals surface area contributed by atoms with E-state index in [1.54, 1.807) is 11.8 Å². The SMILES string of the molecule is CC(N)C(=O)NCC(=O)N1CCN(Cc2ccccc2)CC1.